The molecule has 0 aliphatic rings. The van der Waals surface area contributed by atoms with E-state index >= 15 is 0 Å². The van der Waals surface area contributed by atoms with E-state index in [2.05, 4.69) is 12.2 Å². The van der Waals surface area contributed by atoms with E-state index in [0.29, 0.717) is 5.75 Å². The first-order valence-corrected chi connectivity index (χ1v) is 6.48. The van der Waals surface area contributed by atoms with Crippen LogP contribution in [0.5, 0.6) is 5.75 Å². The molecule has 3 nitrogen and oxygen atoms in total. The molecule has 1 atom stereocenters. The maximum atomic E-state index is 9.91. The third-order valence-electron chi connectivity index (χ3n) is 3.17. The molecule has 0 spiro atoms. The Balaban J connectivity index is 2.21. The van der Waals surface area contributed by atoms with Crippen LogP contribution in [-0.4, -0.2) is 10.2 Å². The summed E-state index contributed by atoms with van der Waals surface area (Å²) in [4.78, 5) is 0. The molecule has 0 amide bonds. The standard InChI is InChI=1S/C16H19NO2/c1-2-15(14-8-3-4-9-16(14)19)17-13-7-5-6-12(10-13)11-18/h3-10,15,17-19H,2,11H2,1H3. The van der Waals surface area contributed by atoms with Gasteiger partial charge >= 0.3 is 0 Å². The van der Waals surface area contributed by atoms with Gasteiger partial charge in [0.05, 0.1) is 12.6 Å². The summed E-state index contributed by atoms with van der Waals surface area (Å²) >= 11 is 0. The number of phenolic OH excluding ortho intramolecular Hbond substituents is 1. The Labute approximate surface area is 113 Å². The fourth-order valence-corrected chi connectivity index (χ4v) is 2.14. The maximum Gasteiger partial charge on any atom is 0.120 e. The number of nitrogens with one attached hydrogen (secondary N) is 1. The molecule has 0 saturated carbocycles. The van der Waals surface area contributed by atoms with Crippen LogP contribution in [0.4, 0.5) is 5.69 Å². The van der Waals surface area contributed by atoms with E-state index in [1.165, 1.54) is 0 Å². The lowest BCUT2D eigenvalue weighted by atomic mass is 10.0. The van der Waals surface area contributed by atoms with Gasteiger partial charge in [0.2, 0.25) is 0 Å². The van der Waals surface area contributed by atoms with E-state index in [0.717, 1.165) is 23.2 Å². The Morgan fingerprint density at radius 2 is 1.89 bits per heavy atom. The minimum absolute atomic E-state index is 0.0307. The summed E-state index contributed by atoms with van der Waals surface area (Å²) < 4.78 is 0. The van der Waals surface area contributed by atoms with Gasteiger partial charge in [0, 0.05) is 11.3 Å². The van der Waals surface area contributed by atoms with Crippen LogP contribution in [0.1, 0.15) is 30.5 Å². The monoisotopic (exact) mass is 257 g/mol. The first-order valence-electron chi connectivity index (χ1n) is 6.48. The van der Waals surface area contributed by atoms with Crippen LogP contribution in [0.15, 0.2) is 48.5 Å². The number of hydrogen-bond donors (Lipinski definition) is 3. The normalized spacial score (nSPS) is 12.1. The summed E-state index contributed by atoms with van der Waals surface area (Å²) in [7, 11) is 0. The van der Waals surface area contributed by atoms with Gasteiger partial charge in [0.25, 0.3) is 0 Å². The molecule has 19 heavy (non-hydrogen) atoms. The molecule has 0 bridgehead atoms. The van der Waals surface area contributed by atoms with Crippen molar-refractivity contribution < 1.29 is 10.2 Å². The van der Waals surface area contributed by atoms with Crippen LogP contribution >= 0.6 is 0 Å². The zero-order valence-corrected chi connectivity index (χ0v) is 11.0. The van der Waals surface area contributed by atoms with Crippen molar-refractivity contribution in [3.63, 3.8) is 0 Å². The average Bonchev–Trinajstić information content (AvgIpc) is 2.46. The lowest BCUT2D eigenvalue weighted by Gasteiger charge is -2.20. The van der Waals surface area contributed by atoms with Gasteiger partial charge < -0.3 is 15.5 Å². The Bertz CT molecular complexity index is 540. The molecule has 0 aliphatic carbocycles. The third-order valence-corrected chi connectivity index (χ3v) is 3.17. The fourth-order valence-electron chi connectivity index (χ4n) is 2.14. The molecular formula is C16H19NO2. The van der Waals surface area contributed by atoms with Gasteiger partial charge in [-0.2, -0.15) is 0 Å². The topological polar surface area (TPSA) is 52.5 Å². The number of aliphatic hydroxyl groups is 1. The van der Waals surface area contributed by atoms with Crippen molar-refractivity contribution in [3.05, 3.63) is 59.7 Å². The van der Waals surface area contributed by atoms with Crippen molar-refractivity contribution in [3.8, 4) is 5.75 Å². The number of phenols is 1. The summed E-state index contributed by atoms with van der Waals surface area (Å²) in [5.74, 6) is 0.306. The van der Waals surface area contributed by atoms with Crippen molar-refractivity contribution in [1.29, 1.82) is 0 Å². The summed E-state index contributed by atoms with van der Waals surface area (Å²) in [6, 6.07) is 15.1. The number of aliphatic hydroxyl groups excluding tert-OH is 1. The zero-order chi connectivity index (χ0) is 13.7. The number of benzene rings is 2. The summed E-state index contributed by atoms with van der Waals surface area (Å²) in [5.41, 5.74) is 2.71. The van der Waals surface area contributed by atoms with Gasteiger partial charge in [-0.25, -0.2) is 0 Å². The molecule has 2 aromatic carbocycles. The van der Waals surface area contributed by atoms with E-state index in [-0.39, 0.29) is 12.6 Å². The van der Waals surface area contributed by atoms with Crippen LogP contribution < -0.4 is 5.32 Å². The molecule has 0 aliphatic heterocycles. The van der Waals surface area contributed by atoms with Crippen LogP contribution in [0.2, 0.25) is 0 Å². The molecule has 0 radical (unpaired) electrons. The Morgan fingerprint density at radius 1 is 1.11 bits per heavy atom. The lowest BCUT2D eigenvalue weighted by Crippen LogP contribution is -2.10. The number of rotatable bonds is 5. The average molecular weight is 257 g/mol. The molecule has 3 heteroatoms. The van der Waals surface area contributed by atoms with Crippen LogP contribution in [0.3, 0.4) is 0 Å². The van der Waals surface area contributed by atoms with Gasteiger partial charge in [-0.05, 0) is 30.2 Å². The number of aromatic hydroxyl groups is 1. The summed E-state index contributed by atoms with van der Waals surface area (Å²) in [5, 5.41) is 22.4. The minimum atomic E-state index is 0.0307. The molecule has 0 saturated heterocycles. The quantitative estimate of drug-likeness (QED) is 0.769. The SMILES string of the molecule is CCC(Nc1cccc(CO)c1)c1ccccc1O. The van der Waals surface area contributed by atoms with Crippen LogP contribution in [0, 0.1) is 0 Å². The predicted molar refractivity (Wildman–Crippen MR) is 77.1 cm³/mol. The van der Waals surface area contributed by atoms with E-state index in [1.807, 2.05) is 42.5 Å². The highest BCUT2D eigenvalue weighted by Crippen LogP contribution is 2.29. The fraction of sp³-hybridized carbons (Fsp3) is 0.250. The molecule has 100 valence electrons. The van der Waals surface area contributed by atoms with Crippen LogP contribution in [0.25, 0.3) is 0 Å². The molecule has 0 heterocycles. The van der Waals surface area contributed by atoms with Crippen molar-refractivity contribution in [2.45, 2.75) is 26.0 Å². The van der Waals surface area contributed by atoms with Gasteiger partial charge in [-0.3, -0.25) is 0 Å². The smallest absolute Gasteiger partial charge is 0.120 e. The zero-order valence-electron chi connectivity index (χ0n) is 11.0. The highest BCUT2D eigenvalue weighted by Gasteiger charge is 2.12. The minimum Gasteiger partial charge on any atom is -0.508 e. The molecule has 1 unspecified atom stereocenters. The van der Waals surface area contributed by atoms with E-state index in [9.17, 15) is 5.11 Å². The molecule has 3 N–H and O–H groups in total. The van der Waals surface area contributed by atoms with Crippen molar-refractivity contribution in [1.82, 2.24) is 0 Å². The van der Waals surface area contributed by atoms with Gasteiger partial charge in [-0.15, -0.1) is 0 Å². The molecular weight excluding hydrogens is 238 g/mol. The Morgan fingerprint density at radius 3 is 2.58 bits per heavy atom. The Kier molecular flexibility index (Phi) is 4.42. The number of anilines is 1. The molecule has 0 fully saturated rings. The number of hydrogen-bond acceptors (Lipinski definition) is 3. The highest BCUT2D eigenvalue weighted by molar-refractivity contribution is 5.49. The predicted octanol–water partition coefficient (Wildman–Crippen LogP) is 3.45. The first kappa shape index (κ1) is 13.4. The largest absolute Gasteiger partial charge is 0.508 e. The van der Waals surface area contributed by atoms with Crippen molar-refractivity contribution in [2.24, 2.45) is 0 Å². The van der Waals surface area contributed by atoms with E-state index in [4.69, 9.17) is 5.11 Å². The highest BCUT2D eigenvalue weighted by atomic mass is 16.3. The van der Waals surface area contributed by atoms with Crippen LogP contribution in [-0.2, 0) is 6.61 Å². The van der Waals surface area contributed by atoms with Crippen molar-refractivity contribution >= 4 is 5.69 Å². The molecule has 2 aromatic rings. The molecule has 0 aromatic heterocycles. The van der Waals surface area contributed by atoms with Crippen molar-refractivity contribution in [2.75, 3.05) is 5.32 Å². The first-order chi connectivity index (χ1) is 9.24. The maximum absolute atomic E-state index is 9.91. The van der Waals surface area contributed by atoms with Gasteiger partial charge in [0.1, 0.15) is 5.75 Å². The second kappa shape index (κ2) is 6.25. The van der Waals surface area contributed by atoms with E-state index in [1.54, 1.807) is 6.07 Å². The van der Waals surface area contributed by atoms with Gasteiger partial charge in [0.15, 0.2) is 0 Å². The van der Waals surface area contributed by atoms with E-state index < -0.39 is 0 Å². The van der Waals surface area contributed by atoms with Gasteiger partial charge in [-0.1, -0.05) is 37.3 Å². The lowest BCUT2D eigenvalue weighted by molar-refractivity contribution is 0.282. The Hall–Kier alpha value is -2.00. The number of para-hydroxylation sites is 1. The second-order valence-corrected chi connectivity index (χ2v) is 4.52. The molecule has 2 rings (SSSR count). The third kappa shape index (κ3) is 3.26. The second-order valence-electron chi connectivity index (χ2n) is 4.52. The summed E-state index contributed by atoms with van der Waals surface area (Å²) in [6.07, 6.45) is 0.862. The summed E-state index contributed by atoms with van der Waals surface area (Å²) in [6.45, 7) is 2.10.